The maximum atomic E-state index is 14.4. The first-order chi connectivity index (χ1) is 17.9. The topological polar surface area (TPSA) is 162 Å². The second-order valence-corrected chi connectivity index (χ2v) is 10.4. The van der Waals surface area contributed by atoms with Crippen molar-refractivity contribution >= 4 is 17.7 Å². The van der Waals surface area contributed by atoms with Gasteiger partial charge in [0.05, 0.1) is 11.8 Å². The van der Waals surface area contributed by atoms with Gasteiger partial charge in [-0.2, -0.15) is 0 Å². The minimum Gasteiger partial charge on any atom is -0.505 e. The monoisotopic (exact) mass is 536 g/mol. The summed E-state index contributed by atoms with van der Waals surface area (Å²) in [4.78, 5) is 24.4. The molecule has 2 amide bonds. The van der Waals surface area contributed by atoms with Crippen molar-refractivity contribution < 1.29 is 39.1 Å². The van der Waals surface area contributed by atoms with Gasteiger partial charge in [0.2, 0.25) is 0 Å². The first-order valence-corrected chi connectivity index (χ1v) is 12.9. The van der Waals surface area contributed by atoms with Crippen LogP contribution < -0.4 is 11.1 Å². The first-order valence-electron chi connectivity index (χ1n) is 12.9. The van der Waals surface area contributed by atoms with E-state index < -0.39 is 47.8 Å². The third kappa shape index (κ3) is 8.54. The summed E-state index contributed by atoms with van der Waals surface area (Å²) >= 11 is 0. The highest BCUT2D eigenvalue weighted by Crippen LogP contribution is 2.33. The van der Waals surface area contributed by atoms with E-state index >= 15 is 0 Å². The Morgan fingerprint density at radius 1 is 1.18 bits per heavy atom. The molecule has 2 bridgehead atoms. The van der Waals surface area contributed by atoms with Crippen LogP contribution in [0, 0.1) is 29.5 Å². The number of anilines is 1. The second-order valence-electron chi connectivity index (χ2n) is 10.4. The van der Waals surface area contributed by atoms with Gasteiger partial charge in [-0.3, -0.25) is 4.79 Å². The summed E-state index contributed by atoms with van der Waals surface area (Å²) in [5, 5.41) is 44.4. The molecule has 212 valence electrons. The number of ether oxygens (including phenoxy) is 1. The third-order valence-electron chi connectivity index (χ3n) is 7.16. The van der Waals surface area contributed by atoms with Gasteiger partial charge in [0.1, 0.15) is 17.7 Å². The highest BCUT2D eigenvalue weighted by Gasteiger charge is 2.29. The number of carbonyl (C=O) groups is 2. The van der Waals surface area contributed by atoms with Crippen LogP contribution >= 0.6 is 0 Å². The highest BCUT2D eigenvalue weighted by molar-refractivity contribution is 6.04. The number of rotatable bonds is 3. The van der Waals surface area contributed by atoms with E-state index in [1.807, 2.05) is 6.92 Å². The quantitative estimate of drug-likeness (QED) is 0.255. The number of aliphatic hydroxyl groups is 3. The van der Waals surface area contributed by atoms with Crippen molar-refractivity contribution in [2.45, 2.75) is 65.6 Å². The molecule has 7 N–H and O–H groups in total. The Morgan fingerprint density at radius 2 is 1.84 bits per heavy atom. The molecule has 1 heterocycles. The van der Waals surface area contributed by atoms with Gasteiger partial charge in [0.15, 0.2) is 0 Å². The van der Waals surface area contributed by atoms with E-state index in [2.05, 4.69) is 5.32 Å². The molecule has 0 unspecified atom stereocenters. The van der Waals surface area contributed by atoms with Crippen LogP contribution in [-0.2, 0) is 16.0 Å². The van der Waals surface area contributed by atoms with Gasteiger partial charge in [-0.05, 0) is 62.7 Å². The predicted molar refractivity (Wildman–Crippen MR) is 142 cm³/mol. The van der Waals surface area contributed by atoms with Crippen molar-refractivity contribution in [2.75, 3.05) is 18.5 Å². The molecule has 6 atom stereocenters. The molecule has 1 aromatic rings. The van der Waals surface area contributed by atoms with Gasteiger partial charge in [-0.15, -0.1) is 0 Å². The van der Waals surface area contributed by atoms with E-state index in [0.29, 0.717) is 36.0 Å². The maximum Gasteiger partial charge on any atom is 0.405 e. The van der Waals surface area contributed by atoms with E-state index in [-0.39, 0.29) is 37.0 Å². The van der Waals surface area contributed by atoms with Gasteiger partial charge < -0.3 is 36.2 Å². The lowest BCUT2D eigenvalue weighted by Gasteiger charge is -2.30. The molecule has 0 fully saturated rings. The van der Waals surface area contributed by atoms with Crippen LogP contribution in [0.15, 0.2) is 35.4 Å². The zero-order chi connectivity index (χ0) is 28.6. The molecule has 9 nitrogen and oxygen atoms in total. The number of phenols is 1. The lowest BCUT2D eigenvalue weighted by atomic mass is 9.82. The SMILES string of the molecule is CC1=CCC[C@H](CO)[C@@H](OC(N)=O)C(C)=C[C@H](C)[C@@H](O)[C@@H](CO)C[C@H](C)Cc2cc(F)cc(c2O)NC1=O. The number of amides is 2. The molecule has 1 aliphatic heterocycles. The number of aromatic hydroxyl groups is 1. The number of allylic oxidation sites excluding steroid dienone is 1. The molecule has 0 radical (unpaired) electrons. The number of carbonyl (C=O) groups excluding carboxylic acids is 2. The molecule has 0 saturated heterocycles. The van der Waals surface area contributed by atoms with Gasteiger partial charge in [-0.1, -0.05) is 26.0 Å². The highest BCUT2D eigenvalue weighted by atomic mass is 19.1. The maximum absolute atomic E-state index is 14.4. The number of aliphatic hydroxyl groups excluding tert-OH is 3. The fourth-order valence-electron chi connectivity index (χ4n) is 5.09. The Morgan fingerprint density at radius 3 is 2.45 bits per heavy atom. The van der Waals surface area contributed by atoms with E-state index in [4.69, 9.17) is 10.5 Å². The molecule has 0 aliphatic carbocycles. The fourth-order valence-corrected chi connectivity index (χ4v) is 5.09. The summed E-state index contributed by atoms with van der Waals surface area (Å²) in [7, 11) is 0. The van der Waals surface area contributed by atoms with Gasteiger partial charge in [-0.25, -0.2) is 9.18 Å². The number of phenolic OH excluding ortho intramolecular Hbond substituents is 1. The summed E-state index contributed by atoms with van der Waals surface area (Å²) in [6, 6.07) is 2.25. The molecule has 10 heteroatoms. The molecule has 1 aromatic carbocycles. The number of hydrogen-bond donors (Lipinski definition) is 6. The number of primary amides is 1. The number of fused-ring (bicyclic) bond motifs is 2. The largest absolute Gasteiger partial charge is 0.505 e. The fraction of sp³-hybridized carbons (Fsp3) is 0.571. The zero-order valence-corrected chi connectivity index (χ0v) is 22.5. The smallest absolute Gasteiger partial charge is 0.405 e. The molecular formula is C28H41FN2O7. The Bertz CT molecular complexity index is 1040. The van der Waals surface area contributed by atoms with E-state index in [9.17, 15) is 34.4 Å². The van der Waals surface area contributed by atoms with Crippen molar-refractivity contribution in [3.8, 4) is 5.75 Å². The van der Waals surface area contributed by atoms with Crippen LogP contribution in [0.1, 0.15) is 52.5 Å². The summed E-state index contributed by atoms with van der Waals surface area (Å²) in [5.74, 6) is -3.06. The summed E-state index contributed by atoms with van der Waals surface area (Å²) in [6.07, 6.45) is 1.87. The average Bonchev–Trinajstić information content (AvgIpc) is 2.85. The molecule has 0 spiro atoms. The van der Waals surface area contributed by atoms with E-state index in [0.717, 1.165) is 6.07 Å². The van der Waals surface area contributed by atoms with E-state index in [1.165, 1.54) is 6.07 Å². The number of nitrogens with two attached hydrogens (primary N) is 1. The number of halogens is 1. The van der Waals surface area contributed by atoms with Crippen LogP contribution in [0.4, 0.5) is 14.9 Å². The normalized spacial score (nSPS) is 28.2. The Balaban J connectivity index is 2.52. The molecule has 1 aliphatic rings. The second kappa shape index (κ2) is 14.3. The number of nitrogens with one attached hydrogen (secondary N) is 1. The standard InChI is InChI=1S/C28H41FN2O7/c1-15-8-20-11-22(29)12-23(25(20)35)31-27(36)16(2)6-5-7-19(13-32)26(38-28(30)37)18(4)10-17(3)24(34)21(9-15)14-33/h6,10-12,15,17,19,21,24,26,32-35H,5,7-9,13-14H2,1-4H3,(H2,30,37)(H,31,36)/t15-,17+,19-,21-,24-,26+/m1/s1. The predicted octanol–water partition coefficient (Wildman–Crippen LogP) is 3.40. The number of benzene rings is 1. The van der Waals surface area contributed by atoms with Gasteiger partial charge in [0, 0.05) is 42.6 Å². The van der Waals surface area contributed by atoms with Crippen molar-refractivity contribution in [1.82, 2.24) is 0 Å². The average molecular weight is 537 g/mol. The Labute approximate surface area is 223 Å². The van der Waals surface area contributed by atoms with Crippen molar-refractivity contribution in [2.24, 2.45) is 29.4 Å². The van der Waals surface area contributed by atoms with Crippen LogP contribution in [0.3, 0.4) is 0 Å². The first kappa shape index (κ1) is 31.3. The Kier molecular flexibility index (Phi) is 11.7. The molecule has 2 rings (SSSR count). The molecule has 38 heavy (non-hydrogen) atoms. The Hall–Kier alpha value is -2.95. The van der Waals surface area contributed by atoms with Crippen molar-refractivity contribution in [3.63, 3.8) is 0 Å². The van der Waals surface area contributed by atoms with Crippen molar-refractivity contribution in [1.29, 1.82) is 0 Å². The lowest BCUT2D eigenvalue weighted by molar-refractivity contribution is -0.112. The summed E-state index contributed by atoms with van der Waals surface area (Å²) < 4.78 is 19.7. The molecular weight excluding hydrogens is 495 g/mol. The van der Waals surface area contributed by atoms with Gasteiger partial charge in [0.25, 0.3) is 5.91 Å². The van der Waals surface area contributed by atoms with Crippen molar-refractivity contribution in [3.05, 3.63) is 46.8 Å². The van der Waals surface area contributed by atoms with Gasteiger partial charge >= 0.3 is 6.09 Å². The number of hydrogen-bond acceptors (Lipinski definition) is 7. The van der Waals surface area contributed by atoms with E-state index in [1.54, 1.807) is 32.9 Å². The zero-order valence-electron chi connectivity index (χ0n) is 22.5. The molecule has 0 saturated carbocycles. The minimum absolute atomic E-state index is 0.0572. The van der Waals surface area contributed by atoms with Crippen LogP contribution in [0.25, 0.3) is 0 Å². The van der Waals surface area contributed by atoms with Crippen LogP contribution in [0.2, 0.25) is 0 Å². The molecule has 0 aromatic heterocycles. The van der Waals surface area contributed by atoms with Crippen LogP contribution in [0.5, 0.6) is 5.75 Å². The summed E-state index contributed by atoms with van der Waals surface area (Å²) in [5.41, 5.74) is 6.45. The lowest BCUT2D eigenvalue weighted by Crippen LogP contribution is -2.34. The third-order valence-corrected chi connectivity index (χ3v) is 7.16. The summed E-state index contributed by atoms with van der Waals surface area (Å²) in [6.45, 7) is 6.30. The minimum atomic E-state index is -1.00. The van der Waals surface area contributed by atoms with Crippen LogP contribution in [-0.4, -0.2) is 57.8 Å².